The van der Waals surface area contributed by atoms with E-state index in [0.29, 0.717) is 28.6 Å². The summed E-state index contributed by atoms with van der Waals surface area (Å²) in [5, 5.41) is 19.6. The largest absolute Gasteiger partial charge is 0.481 e. The van der Waals surface area contributed by atoms with Crippen LogP contribution in [0.5, 0.6) is 0 Å². The average Bonchev–Trinajstić information content (AvgIpc) is 2.85. The highest BCUT2D eigenvalue weighted by Gasteiger charge is 2.34. The van der Waals surface area contributed by atoms with Crippen LogP contribution in [0.2, 0.25) is 10.0 Å². The Bertz CT molecular complexity index is 529. The lowest BCUT2D eigenvalue weighted by Crippen LogP contribution is -2.34. The number of carboxylic acid groups (broad SMARTS) is 1. The van der Waals surface area contributed by atoms with Gasteiger partial charge in [-0.15, -0.1) is 0 Å². The van der Waals surface area contributed by atoms with Crippen molar-refractivity contribution in [2.75, 3.05) is 13.1 Å². The van der Waals surface area contributed by atoms with Gasteiger partial charge in [0.15, 0.2) is 6.10 Å². The molecule has 1 aliphatic heterocycles. The van der Waals surface area contributed by atoms with Crippen molar-refractivity contribution in [1.82, 2.24) is 4.90 Å². The van der Waals surface area contributed by atoms with Gasteiger partial charge in [0.05, 0.1) is 5.92 Å². The predicted molar refractivity (Wildman–Crippen MR) is 73.7 cm³/mol. The highest BCUT2D eigenvalue weighted by molar-refractivity contribution is 6.34. The van der Waals surface area contributed by atoms with Gasteiger partial charge in [-0.2, -0.15) is 0 Å². The first-order chi connectivity index (χ1) is 9.38. The summed E-state index contributed by atoms with van der Waals surface area (Å²) in [6.45, 7) is 0.431. The molecular formula is C13H13Cl2NO4. The fourth-order valence-corrected chi connectivity index (χ4v) is 2.75. The first-order valence-corrected chi connectivity index (χ1v) is 6.79. The summed E-state index contributed by atoms with van der Waals surface area (Å²) < 4.78 is 0. The zero-order valence-electron chi connectivity index (χ0n) is 10.4. The SMILES string of the molecule is O=C(O)C1CCN(C(=O)C(O)c2cc(Cl)cc(Cl)c2)C1. The lowest BCUT2D eigenvalue weighted by Gasteiger charge is -2.20. The van der Waals surface area contributed by atoms with Crippen LogP contribution in [0.1, 0.15) is 18.1 Å². The van der Waals surface area contributed by atoms with E-state index in [4.69, 9.17) is 28.3 Å². The van der Waals surface area contributed by atoms with Crippen molar-refractivity contribution in [3.8, 4) is 0 Å². The van der Waals surface area contributed by atoms with E-state index in [1.54, 1.807) is 0 Å². The third-order valence-electron chi connectivity index (χ3n) is 3.28. The molecule has 0 aliphatic carbocycles. The summed E-state index contributed by atoms with van der Waals surface area (Å²) in [6, 6.07) is 4.42. The summed E-state index contributed by atoms with van der Waals surface area (Å²) in [5.41, 5.74) is 0.297. The van der Waals surface area contributed by atoms with Crippen molar-refractivity contribution >= 4 is 35.1 Å². The van der Waals surface area contributed by atoms with Crippen molar-refractivity contribution in [1.29, 1.82) is 0 Å². The molecule has 0 radical (unpaired) electrons. The fraction of sp³-hybridized carbons (Fsp3) is 0.385. The molecule has 1 aliphatic rings. The Morgan fingerprint density at radius 1 is 1.25 bits per heavy atom. The highest BCUT2D eigenvalue weighted by Crippen LogP contribution is 2.26. The number of halogens is 2. The van der Waals surface area contributed by atoms with Crippen LogP contribution in [-0.2, 0) is 9.59 Å². The van der Waals surface area contributed by atoms with Crippen molar-refractivity contribution in [2.24, 2.45) is 5.92 Å². The van der Waals surface area contributed by atoms with Crippen molar-refractivity contribution < 1.29 is 19.8 Å². The van der Waals surface area contributed by atoms with Crippen LogP contribution in [0, 0.1) is 5.92 Å². The van der Waals surface area contributed by atoms with Gasteiger partial charge in [-0.3, -0.25) is 9.59 Å². The number of amides is 1. The smallest absolute Gasteiger partial charge is 0.308 e. The summed E-state index contributed by atoms with van der Waals surface area (Å²) in [6.07, 6.45) is -0.997. The quantitative estimate of drug-likeness (QED) is 0.893. The van der Waals surface area contributed by atoms with Gasteiger partial charge in [-0.1, -0.05) is 23.2 Å². The minimum Gasteiger partial charge on any atom is -0.481 e. The number of likely N-dealkylation sites (tertiary alicyclic amines) is 1. The molecule has 1 fully saturated rings. The Morgan fingerprint density at radius 3 is 2.35 bits per heavy atom. The molecule has 20 heavy (non-hydrogen) atoms. The van der Waals surface area contributed by atoms with Crippen molar-refractivity contribution in [2.45, 2.75) is 12.5 Å². The second-order valence-electron chi connectivity index (χ2n) is 4.71. The Kier molecular flexibility index (Phi) is 4.52. The van der Waals surface area contributed by atoms with Crippen LogP contribution in [0.3, 0.4) is 0 Å². The zero-order chi connectivity index (χ0) is 14.9. The molecule has 1 saturated heterocycles. The molecule has 2 atom stereocenters. The maximum absolute atomic E-state index is 12.1. The monoisotopic (exact) mass is 317 g/mol. The van der Waals surface area contributed by atoms with E-state index >= 15 is 0 Å². The number of aliphatic carboxylic acids is 1. The predicted octanol–water partition coefficient (Wildman–Crippen LogP) is 1.96. The first kappa shape index (κ1) is 15.1. The number of carbonyl (C=O) groups excluding carboxylic acids is 1. The number of rotatable bonds is 3. The number of carboxylic acids is 1. The van der Waals surface area contributed by atoms with Crippen LogP contribution >= 0.6 is 23.2 Å². The molecule has 7 heteroatoms. The number of benzene rings is 1. The van der Waals surface area contributed by atoms with E-state index in [1.165, 1.54) is 23.1 Å². The molecule has 5 nitrogen and oxygen atoms in total. The van der Waals surface area contributed by atoms with Crippen LogP contribution in [0.15, 0.2) is 18.2 Å². The third kappa shape index (κ3) is 3.23. The second kappa shape index (κ2) is 5.99. The molecular weight excluding hydrogens is 305 g/mol. The lowest BCUT2D eigenvalue weighted by atomic mass is 10.1. The maximum atomic E-state index is 12.1. The molecule has 1 heterocycles. The topological polar surface area (TPSA) is 77.8 Å². The van der Waals surface area contributed by atoms with E-state index in [9.17, 15) is 14.7 Å². The Balaban J connectivity index is 2.11. The Morgan fingerprint density at radius 2 is 1.85 bits per heavy atom. The number of aliphatic hydroxyl groups excluding tert-OH is 1. The molecule has 0 aromatic heterocycles. The molecule has 1 amide bonds. The fourth-order valence-electron chi connectivity index (χ4n) is 2.21. The minimum atomic E-state index is -1.39. The molecule has 0 bridgehead atoms. The summed E-state index contributed by atoms with van der Waals surface area (Å²) in [4.78, 5) is 24.3. The van der Waals surface area contributed by atoms with E-state index in [0.717, 1.165) is 0 Å². The number of hydrogen-bond acceptors (Lipinski definition) is 3. The summed E-state index contributed by atoms with van der Waals surface area (Å²) in [7, 11) is 0. The second-order valence-corrected chi connectivity index (χ2v) is 5.59. The standard InChI is InChI=1S/C13H13Cl2NO4/c14-9-3-8(4-10(15)5-9)11(17)12(18)16-2-1-7(6-16)13(19)20/h3-5,7,11,17H,1-2,6H2,(H,19,20). The van der Waals surface area contributed by atoms with Crippen molar-refractivity contribution in [3.63, 3.8) is 0 Å². The first-order valence-electron chi connectivity index (χ1n) is 6.04. The van der Waals surface area contributed by atoms with Gasteiger partial charge in [0.1, 0.15) is 0 Å². The van der Waals surface area contributed by atoms with Crippen LogP contribution < -0.4 is 0 Å². The molecule has 108 valence electrons. The molecule has 0 saturated carbocycles. The van der Waals surface area contributed by atoms with Gasteiger partial charge in [0.2, 0.25) is 0 Å². The summed E-state index contributed by atoms with van der Waals surface area (Å²) in [5.74, 6) is -2.04. The number of nitrogens with zero attached hydrogens (tertiary/aromatic N) is 1. The van der Waals surface area contributed by atoms with E-state index in [-0.39, 0.29) is 6.54 Å². The third-order valence-corrected chi connectivity index (χ3v) is 3.72. The van der Waals surface area contributed by atoms with E-state index in [1.807, 2.05) is 0 Å². The highest BCUT2D eigenvalue weighted by atomic mass is 35.5. The van der Waals surface area contributed by atoms with Gasteiger partial charge >= 0.3 is 5.97 Å². The van der Waals surface area contributed by atoms with Gasteiger partial charge in [0, 0.05) is 23.1 Å². The van der Waals surface area contributed by atoms with Crippen LogP contribution in [0.4, 0.5) is 0 Å². The minimum absolute atomic E-state index is 0.111. The van der Waals surface area contributed by atoms with Crippen LogP contribution in [0.25, 0.3) is 0 Å². The lowest BCUT2D eigenvalue weighted by molar-refractivity contribution is -0.142. The van der Waals surface area contributed by atoms with Crippen molar-refractivity contribution in [3.05, 3.63) is 33.8 Å². The number of carbonyl (C=O) groups is 2. The normalized spacial score (nSPS) is 19.9. The van der Waals surface area contributed by atoms with Gasteiger partial charge < -0.3 is 15.1 Å². The number of aliphatic hydroxyl groups is 1. The molecule has 1 aromatic carbocycles. The maximum Gasteiger partial charge on any atom is 0.308 e. The Hall–Kier alpha value is -1.30. The molecule has 0 spiro atoms. The summed E-state index contributed by atoms with van der Waals surface area (Å²) >= 11 is 11.7. The van der Waals surface area contributed by atoms with Gasteiger partial charge in [-0.05, 0) is 30.2 Å². The molecule has 1 aromatic rings. The van der Waals surface area contributed by atoms with Gasteiger partial charge in [-0.25, -0.2) is 0 Å². The Labute approximate surface area is 125 Å². The van der Waals surface area contributed by atoms with Crippen LogP contribution in [-0.4, -0.2) is 40.1 Å². The number of hydrogen-bond donors (Lipinski definition) is 2. The van der Waals surface area contributed by atoms with E-state index < -0.39 is 23.9 Å². The van der Waals surface area contributed by atoms with E-state index in [2.05, 4.69) is 0 Å². The molecule has 2 unspecified atom stereocenters. The molecule has 2 rings (SSSR count). The average molecular weight is 318 g/mol. The molecule has 2 N–H and O–H groups in total. The zero-order valence-corrected chi connectivity index (χ0v) is 11.9. The van der Waals surface area contributed by atoms with Gasteiger partial charge in [0.25, 0.3) is 5.91 Å².